The van der Waals surface area contributed by atoms with E-state index in [0.717, 1.165) is 0 Å². The Morgan fingerprint density at radius 2 is 1.88 bits per heavy atom. The summed E-state index contributed by atoms with van der Waals surface area (Å²) in [6, 6.07) is 4.60. The summed E-state index contributed by atoms with van der Waals surface area (Å²) in [4.78, 5) is 13.1. The molecule has 0 unspecified atom stereocenters. The molecule has 0 atom stereocenters. The van der Waals surface area contributed by atoms with E-state index in [9.17, 15) is 4.79 Å². The summed E-state index contributed by atoms with van der Waals surface area (Å²) in [5, 5.41) is 3.62. The first-order valence-corrected chi connectivity index (χ1v) is 5.86. The third kappa shape index (κ3) is 4.08. The maximum atomic E-state index is 11.6. The molecule has 0 heterocycles. The minimum absolute atomic E-state index is 0.251. The molecule has 1 aromatic rings. The maximum Gasteiger partial charge on any atom is 0.321 e. The van der Waals surface area contributed by atoms with E-state index in [1.807, 2.05) is 0 Å². The Labute approximate surface area is 109 Å². The largest absolute Gasteiger partial charge is 0.326 e. The number of alkyl halides is 1. The van der Waals surface area contributed by atoms with E-state index in [0.29, 0.717) is 28.2 Å². The van der Waals surface area contributed by atoms with E-state index in [-0.39, 0.29) is 6.03 Å². The van der Waals surface area contributed by atoms with Crippen LogP contribution in [0.2, 0.25) is 10.0 Å². The number of nitrogens with one attached hydrogen (secondary N) is 1. The van der Waals surface area contributed by atoms with Crippen LogP contribution in [-0.2, 0) is 0 Å². The number of halogens is 3. The molecule has 0 spiro atoms. The summed E-state index contributed by atoms with van der Waals surface area (Å²) < 4.78 is 0. The number of carbonyl (C=O) groups is 1. The molecule has 0 fully saturated rings. The second-order valence-electron chi connectivity index (χ2n) is 3.20. The lowest BCUT2D eigenvalue weighted by molar-refractivity contribution is 0.225. The first-order valence-electron chi connectivity index (χ1n) is 4.57. The van der Waals surface area contributed by atoms with Crippen LogP contribution in [0.1, 0.15) is 0 Å². The van der Waals surface area contributed by atoms with E-state index in [2.05, 4.69) is 5.32 Å². The van der Waals surface area contributed by atoms with E-state index in [1.165, 1.54) is 4.90 Å². The molecule has 88 valence electrons. The fraction of sp³-hybridized carbons (Fsp3) is 0.300. The zero-order valence-electron chi connectivity index (χ0n) is 8.64. The Morgan fingerprint density at radius 1 is 1.31 bits per heavy atom. The Hall–Kier alpha value is -0.640. The van der Waals surface area contributed by atoms with Crippen LogP contribution in [0.25, 0.3) is 0 Å². The second kappa shape index (κ2) is 6.18. The standard InChI is InChI=1S/C10H11Cl3N2O/c1-15(3-2-11)10(16)14-9-5-7(12)4-8(13)6-9/h4-6H,2-3H2,1H3,(H,14,16). The van der Waals surface area contributed by atoms with Crippen molar-refractivity contribution >= 4 is 46.5 Å². The molecule has 0 aromatic heterocycles. The van der Waals surface area contributed by atoms with Gasteiger partial charge < -0.3 is 10.2 Å². The van der Waals surface area contributed by atoms with Gasteiger partial charge in [-0.2, -0.15) is 0 Å². The minimum Gasteiger partial charge on any atom is -0.326 e. The van der Waals surface area contributed by atoms with Crippen LogP contribution in [0.5, 0.6) is 0 Å². The summed E-state index contributed by atoms with van der Waals surface area (Å²) in [6.07, 6.45) is 0. The molecule has 0 aliphatic rings. The van der Waals surface area contributed by atoms with Crippen molar-refractivity contribution in [3.8, 4) is 0 Å². The van der Waals surface area contributed by atoms with Crippen molar-refractivity contribution in [1.82, 2.24) is 4.90 Å². The molecule has 0 bridgehead atoms. The van der Waals surface area contributed by atoms with Gasteiger partial charge in [-0.1, -0.05) is 23.2 Å². The van der Waals surface area contributed by atoms with Gasteiger partial charge in [-0.3, -0.25) is 0 Å². The van der Waals surface area contributed by atoms with E-state index in [1.54, 1.807) is 25.2 Å². The number of hydrogen-bond acceptors (Lipinski definition) is 1. The number of anilines is 1. The van der Waals surface area contributed by atoms with Crippen LogP contribution in [0.15, 0.2) is 18.2 Å². The molecule has 1 rings (SSSR count). The van der Waals surface area contributed by atoms with Crippen molar-refractivity contribution in [3.05, 3.63) is 28.2 Å². The highest BCUT2D eigenvalue weighted by Gasteiger charge is 2.08. The number of amides is 2. The predicted octanol–water partition coefficient (Wildman–Crippen LogP) is 3.70. The van der Waals surface area contributed by atoms with Gasteiger partial charge in [0.1, 0.15) is 0 Å². The molecule has 0 saturated heterocycles. The van der Waals surface area contributed by atoms with Gasteiger partial charge in [0.2, 0.25) is 0 Å². The molecule has 0 aliphatic carbocycles. The lowest BCUT2D eigenvalue weighted by atomic mass is 10.3. The molecule has 6 heteroatoms. The Balaban J connectivity index is 2.69. The van der Waals surface area contributed by atoms with Crippen molar-refractivity contribution in [1.29, 1.82) is 0 Å². The van der Waals surface area contributed by atoms with Gasteiger partial charge >= 0.3 is 6.03 Å². The van der Waals surface area contributed by atoms with Crippen molar-refractivity contribution in [2.75, 3.05) is 24.8 Å². The number of carbonyl (C=O) groups excluding carboxylic acids is 1. The van der Waals surface area contributed by atoms with Gasteiger partial charge in [0, 0.05) is 35.2 Å². The predicted molar refractivity (Wildman–Crippen MR) is 68.8 cm³/mol. The van der Waals surface area contributed by atoms with E-state index >= 15 is 0 Å². The molecule has 1 N–H and O–H groups in total. The van der Waals surface area contributed by atoms with Gasteiger partial charge in [0.05, 0.1) is 0 Å². The summed E-state index contributed by atoms with van der Waals surface area (Å²) in [6.45, 7) is 0.474. The monoisotopic (exact) mass is 280 g/mol. The summed E-state index contributed by atoms with van der Waals surface area (Å²) in [5.41, 5.74) is 0.559. The molecular formula is C10H11Cl3N2O. The van der Waals surface area contributed by atoms with Gasteiger partial charge in [0.25, 0.3) is 0 Å². The maximum absolute atomic E-state index is 11.6. The third-order valence-corrected chi connectivity index (χ3v) is 2.49. The zero-order chi connectivity index (χ0) is 12.1. The highest BCUT2D eigenvalue weighted by molar-refractivity contribution is 6.35. The minimum atomic E-state index is -0.251. The first-order chi connectivity index (χ1) is 7.52. The van der Waals surface area contributed by atoms with Gasteiger partial charge in [-0.05, 0) is 18.2 Å². The van der Waals surface area contributed by atoms with E-state index in [4.69, 9.17) is 34.8 Å². The Morgan fingerprint density at radius 3 is 2.38 bits per heavy atom. The van der Waals surface area contributed by atoms with Crippen LogP contribution < -0.4 is 5.32 Å². The summed E-state index contributed by atoms with van der Waals surface area (Å²) >= 11 is 17.1. The molecule has 0 aliphatic heterocycles. The topological polar surface area (TPSA) is 32.3 Å². The number of nitrogens with zero attached hydrogens (tertiary/aromatic N) is 1. The third-order valence-electron chi connectivity index (χ3n) is 1.88. The molecule has 3 nitrogen and oxygen atoms in total. The molecule has 16 heavy (non-hydrogen) atoms. The molecule has 0 radical (unpaired) electrons. The van der Waals surface area contributed by atoms with Crippen molar-refractivity contribution < 1.29 is 4.79 Å². The second-order valence-corrected chi connectivity index (χ2v) is 4.45. The fourth-order valence-corrected chi connectivity index (χ4v) is 1.85. The average molecular weight is 282 g/mol. The SMILES string of the molecule is CN(CCCl)C(=O)Nc1cc(Cl)cc(Cl)c1. The summed E-state index contributed by atoms with van der Waals surface area (Å²) in [5.74, 6) is 0.389. The number of rotatable bonds is 3. The lowest BCUT2D eigenvalue weighted by Crippen LogP contribution is -2.32. The molecule has 1 aromatic carbocycles. The highest BCUT2D eigenvalue weighted by atomic mass is 35.5. The fourth-order valence-electron chi connectivity index (χ4n) is 1.07. The van der Waals surface area contributed by atoms with Crippen LogP contribution >= 0.6 is 34.8 Å². The van der Waals surface area contributed by atoms with Crippen molar-refractivity contribution in [3.63, 3.8) is 0 Å². The zero-order valence-corrected chi connectivity index (χ0v) is 10.9. The number of urea groups is 1. The van der Waals surface area contributed by atoms with Crippen LogP contribution in [0.4, 0.5) is 10.5 Å². The normalized spacial score (nSPS) is 10.0. The lowest BCUT2D eigenvalue weighted by Gasteiger charge is -2.16. The van der Waals surface area contributed by atoms with Crippen LogP contribution in [0.3, 0.4) is 0 Å². The van der Waals surface area contributed by atoms with Gasteiger partial charge in [-0.25, -0.2) is 4.79 Å². The van der Waals surface area contributed by atoms with Gasteiger partial charge in [0.15, 0.2) is 0 Å². The van der Waals surface area contributed by atoms with Crippen LogP contribution in [0, 0.1) is 0 Å². The van der Waals surface area contributed by atoms with Crippen LogP contribution in [-0.4, -0.2) is 30.4 Å². The van der Waals surface area contributed by atoms with Crippen molar-refractivity contribution in [2.24, 2.45) is 0 Å². The van der Waals surface area contributed by atoms with Crippen molar-refractivity contribution in [2.45, 2.75) is 0 Å². The highest BCUT2D eigenvalue weighted by Crippen LogP contribution is 2.22. The molecule has 2 amide bonds. The number of benzene rings is 1. The Kier molecular flexibility index (Phi) is 5.19. The van der Waals surface area contributed by atoms with E-state index < -0.39 is 0 Å². The van der Waals surface area contributed by atoms with Gasteiger partial charge in [-0.15, -0.1) is 11.6 Å². The first kappa shape index (κ1) is 13.4. The number of hydrogen-bond donors (Lipinski definition) is 1. The smallest absolute Gasteiger partial charge is 0.321 e. The Bertz CT molecular complexity index is 364. The summed E-state index contributed by atoms with van der Waals surface area (Å²) in [7, 11) is 1.66. The average Bonchev–Trinajstić information content (AvgIpc) is 2.16. The molecular weight excluding hydrogens is 270 g/mol. The quantitative estimate of drug-likeness (QED) is 0.842. The molecule has 0 saturated carbocycles.